The largest absolute Gasteiger partial charge is 0.467 e. The maximum atomic E-state index is 12.3. The van der Waals surface area contributed by atoms with Crippen molar-refractivity contribution >= 4 is 17.5 Å². The van der Waals surface area contributed by atoms with Crippen molar-refractivity contribution in [2.45, 2.75) is 19.0 Å². The third-order valence-corrected chi connectivity index (χ3v) is 3.71. The highest BCUT2D eigenvalue weighted by atomic mass is 35.5. The zero-order chi connectivity index (χ0) is 13.9. The molecule has 2 N–H and O–H groups in total. The molecule has 0 fully saturated rings. The van der Waals surface area contributed by atoms with Gasteiger partial charge in [-0.15, -0.1) is 0 Å². The SMILES string of the molecule is O=C(NCc1ccco1)C1CNCc2cc(Cl)ccc21. The molecule has 0 radical (unpaired) electrons. The number of hydrogen-bond acceptors (Lipinski definition) is 3. The van der Waals surface area contributed by atoms with Gasteiger partial charge < -0.3 is 15.1 Å². The number of halogens is 1. The summed E-state index contributed by atoms with van der Waals surface area (Å²) in [5, 5.41) is 6.85. The normalized spacial score (nSPS) is 17.6. The summed E-state index contributed by atoms with van der Waals surface area (Å²) in [7, 11) is 0. The Hall–Kier alpha value is -1.78. The highest BCUT2D eigenvalue weighted by Gasteiger charge is 2.26. The summed E-state index contributed by atoms with van der Waals surface area (Å²) in [5.41, 5.74) is 2.13. The van der Waals surface area contributed by atoms with E-state index in [0.717, 1.165) is 23.4 Å². The molecule has 104 valence electrons. The van der Waals surface area contributed by atoms with Gasteiger partial charge in [-0.25, -0.2) is 0 Å². The van der Waals surface area contributed by atoms with E-state index in [4.69, 9.17) is 16.0 Å². The summed E-state index contributed by atoms with van der Waals surface area (Å²) >= 11 is 5.99. The van der Waals surface area contributed by atoms with E-state index in [9.17, 15) is 4.79 Å². The molecular weight excluding hydrogens is 276 g/mol. The number of benzene rings is 1. The molecule has 1 aromatic carbocycles. The van der Waals surface area contributed by atoms with Gasteiger partial charge in [0.05, 0.1) is 18.7 Å². The van der Waals surface area contributed by atoms with E-state index < -0.39 is 0 Å². The average molecular weight is 291 g/mol. The first-order chi connectivity index (χ1) is 9.74. The van der Waals surface area contributed by atoms with Gasteiger partial charge in [-0.1, -0.05) is 17.7 Å². The van der Waals surface area contributed by atoms with Crippen LogP contribution in [0.4, 0.5) is 0 Å². The van der Waals surface area contributed by atoms with Gasteiger partial charge in [0.25, 0.3) is 0 Å². The van der Waals surface area contributed by atoms with Crippen LogP contribution in [-0.4, -0.2) is 12.5 Å². The van der Waals surface area contributed by atoms with Gasteiger partial charge in [-0.05, 0) is 35.4 Å². The summed E-state index contributed by atoms with van der Waals surface area (Å²) in [6.07, 6.45) is 1.60. The number of carbonyl (C=O) groups is 1. The first-order valence-corrected chi connectivity index (χ1v) is 6.91. The van der Waals surface area contributed by atoms with Gasteiger partial charge in [-0.3, -0.25) is 4.79 Å². The molecule has 0 spiro atoms. The number of carbonyl (C=O) groups excluding carboxylic acids is 1. The summed E-state index contributed by atoms with van der Waals surface area (Å²) in [4.78, 5) is 12.3. The fourth-order valence-electron chi connectivity index (χ4n) is 2.47. The lowest BCUT2D eigenvalue weighted by molar-refractivity contribution is -0.122. The zero-order valence-corrected chi connectivity index (χ0v) is 11.6. The van der Waals surface area contributed by atoms with Crippen molar-refractivity contribution in [1.29, 1.82) is 0 Å². The smallest absolute Gasteiger partial charge is 0.229 e. The third kappa shape index (κ3) is 2.71. The minimum atomic E-state index is -0.189. The van der Waals surface area contributed by atoms with Crippen molar-refractivity contribution in [2.75, 3.05) is 6.54 Å². The lowest BCUT2D eigenvalue weighted by Crippen LogP contribution is -2.38. The second kappa shape index (κ2) is 5.69. The van der Waals surface area contributed by atoms with E-state index in [0.29, 0.717) is 18.1 Å². The maximum absolute atomic E-state index is 12.3. The Bertz CT molecular complexity index is 610. The van der Waals surface area contributed by atoms with Crippen LogP contribution in [0.25, 0.3) is 0 Å². The molecule has 0 aliphatic carbocycles. The Kier molecular flexibility index (Phi) is 3.76. The quantitative estimate of drug-likeness (QED) is 0.913. The van der Waals surface area contributed by atoms with Gasteiger partial charge in [0.15, 0.2) is 0 Å². The van der Waals surface area contributed by atoms with Crippen LogP contribution in [0.1, 0.15) is 22.8 Å². The van der Waals surface area contributed by atoms with Crippen molar-refractivity contribution < 1.29 is 9.21 Å². The van der Waals surface area contributed by atoms with Crippen LogP contribution in [0.3, 0.4) is 0 Å². The lowest BCUT2D eigenvalue weighted by atomic mass is 9.90. The minimum Gasteiger partial charge on any atom is -0.467 e. The Morgan fingerprint density at radius 3 is 3.15 bits per heavy atom. The van der Waals surface area contributed by atoms with E-state index in [-0.39, 0.29) is 11.8 Å². The van der Waals surface area contributed by atoms with E-state index in [1.165, 1.54) is 0 Å². The van der Waals surface area contributed by atoms with Gasteiger partial charge in [0.1, 0.15) is 5.76 Å². The van der Waals surface area contributed by atoms with E-state index in [1.807, 2.05) is 24.3 Å². The molecule has 0 bridgehead atoms. The third-order valence-electron chi connectivity index (χ3n) is 3.48. The Balaban J connectivity index is 1.73. The van der Waals surface area contributed by atoms with Crippen molar-refractivity contribution in [3.05, 3.63) is 58.5 Å². The van der Waals surface area contributed by atoms with Crippen molar-refractivity contribution in [3.63, 3.8) is 0 Å². The molecule has 1 aliphatic heterocycles. The number of rotatable bonds is 3. The van der Waals surface area contributed by atoms with Crippen LogP contribution in [0.5, 0.6) is 0 Å². The molecule has 1 aromatic heterocycles. The fourth-order valence-corrected chi connectivity index (χ4v) is 2.67. The first-order valence-electron chi connectivity index (χ1n) is 6.53. The van der Waals surface area contributed by atoms with Crippen LogP contribution in [-0.2, 0) is 17.9 Å². The standard InChI is InChI=1S/C15H15ClN2O2/c16-11-3-4-13-10(6-11)7-17-9-14(13)15(19)18-8-12-2-1-5-20-12/h1-6,14,17H,7-9H2,(H,18,19). The predicted molar refractivity (Wildman–Crippen MR) is 76.5 cm³/mol. The Morgan fingerprint density at radius 1 is 1.45 bits per heavy atom. The monoisotopic (exact) mass is 290 g/mol. The van der Waals surface area contributed by atoms with Crippen LogP contribution >= 0.6 is 11.6 Å². The summed E-state index contributed by atoms with van der Waals surface area (Å²) in [6, 6.07) is 9.33. The molecule has 2 heterocycles. The van der Waals surface area contributed by atoms with Crippen LogP contribution < -0.4 is 10.6 Å². The predicted octanol–water partition coefficient (Wildman–Crippen LogP) is 2.44. The second-order valence-electron chi connectivity index (χ2n) is 4.82. The van der Waals surface area contributed by atoms with Crippen molar-refractivity contribution in [2.24, 2.45) is 0 Å². The van der Waals surface area contributed by atoms with Crippen molar-refractivity contribution in [1.82, 2.24) is 10.6 Å². The minimum absolute atomic E-state index is 0.00262. The van der Waals surface area contributed by atoms with Gasteiger partial charge in [-0.2, -0.15) is 0 Å². The molecule has 2 aromatic rings. The zero-order valence-electron chi connectivity index (χ0n) is 10.9. The van der Waals surface area contributed by atoms with Crippen LogP contribution in [0, 0.1) is 0 Å². The molecule has 0 saturated carbocycles. The van der Waals surface area contributed by atoms with E-state index >= 15 is 0 Å². The van der Waals surface area contributed by atoms with E-state index in [1.54, 1.807) is 12.3 Å². The molecule has 1 aliphatic rings. The Labute approximate surface area is 122 Å². The molecular formula is C15H15ClN2O2. The Morgan fingerprint density at radius 2 is 2.35 bits per heavy atom. The van der Waals surface area contributed by atoms with Gasteiger partial charge >= 0.3 is 0 Å². The highest BCUT2D eigenvalue weighted by Crippen LogP contribution is 2.26. The van der Waals surface area contributed by atoms with E-state index in [2.05, 4.69) is 10.6 Å². The number of hydrogen-bond donors (Lipinski definition) is 2. The lowest BCUT2D eigenvalue weighted by Gasteiger charge is -2.25. The molecule has 4 nitrogen and oxygen atoms in total. The van der Waals surface area contributed by atoms with Crippen molar-refractivity contribution in [3.8, 4) is 0 Å². The molecule has 1 amide bonds. The summed E-state index contributed by atoms with van der Waals surface area (Å²) in [6.45, 7) is 1.79. The van der Waals surface area contributed by atoms with Crippen LogP contribution in [0.15, 0.2) is 41.0 Å². The summed E-state index contributed by atoms with van der Waals surface area (Å²) < 4.78 is 5.21. The molecule has 3 rings (SSSR count). The van der Waals surface area contributed by atoms with Gasteiger partial charge in [0.2, 0.25) is 5.91 Å². The first kappa shape index (κ1) is 13.2. The molecule has 0 saturated heterocycles. The number of fused-ring (bicyclic) bond motifs is 1. The highest BCUT2D eigenvalue weighted by molar-refractivity contribution is 6.30. The molecule has 20 heavy (non-hydrogen) atoms. The average Bonchev–Trinajstić information content (AvgIpc) is 2.97. The number of furan rings is 1. The molecule has 1 unspecified atom stereocenters. The maximum Gasteiger partial charge on any atom is 0.229 e. The molecule has 1 atom stereocenters. The van der Waals surface area contributed by atoms with Gasteiger partial charge in [0, 0.05) is 18.1 Å². The van der Waals surface area contributed by atoms with Crippen LogP contribution in [0.2, 0.25) is 5.02 Å². The summed E-state index contributed by atoms with van der Waals surface area (Å²) in [5.74, 6) is 0.557. The second-order valence-corrected chi connectivity index (χ2v) is 5.26. The topological polar surface area (TPSA) is 54.3 Å². The number of amides is 1. The number of nitrogens with one attached hydrogen (secondary N) is 2. The molecule has 5 heteroatoms. The fraction of sp³-hybridized carbons (Fsp3) is 0.267.